The Morgan fingerprint density at radius 3 is 2.93 bits per heavy atom. The highest BCUT2D eigenvalue weighted by molar-refractivity contribution is 5.98. The van der Waals surface area contributed by atoms with Gasteiger partial charge in [0.2, 0.25) is 0 Å². The van der Waals surface area contributed by atoms with Crippen molar-refractivity contribution in [2.45, 2.75) is 26.7 Å². The molecule has 0 atom stereocenters. The van der Waals surface area contributed by atoms with Gasteiger partial charge in [-0.05, 0) is 62.1 Å². The van der Waals surface area contributed by atoms with Crippen molar-refractivity contribution >= 4 is 22.5 Å². The number of nitrogens with zero attached hydrogens (tertiary/aromatic N) is 4. The van der Waals surface area contributed by atoms with E-state index in [9.17, 15) is 4.79 Å². The van der Waals surface area contributed by atoms with Crippen LogP contribution in [0.4, 0.5) is 0 Å². The van der Waals surface area contributed by atoms with Crippen LogP contribution in [0.3, 0.4) is 0 Å². The van der Waals surface area contributed by atoms with Crippen LogP contribution in [-0.4, -0.2) is 32.0 Å². The molecule has 0 spiro atoms. The first kappa shape index (κ1) is 17.1. The Hall–Kier alpha value is -3.28. The maximum Gasteiger partial charge on any atom is 0.251 e. The van der Waals surface area contributed by atoms with Gasteiger partial charge in [0.15, 0.2) is 5.65 Å². The molecule has 4 rings (SSSR count). The summed E-state index contributed by atoms with van der Waals surface area (Å²) in [6.07, 6.45) is 7.33. The molecule has 3 heterocycles. The van der Waals surface area contributed by atoms with E-state index in [0.29, 0.717) is 12.1 Å². The minimum absolute atomic E-state index is 0.0589. The van der Waals surface area contributed by atoms with Gasteiger partial charge in [0.1, 0.15) is 0 Å². The molecule has 4 aromatic rings. The number of pyridine rings is 1. The molecule has 6 heteroatoms. The summed E-state index contributed by atoms with van der Waals surface area (Å²) in [7, 11) is 0. The molecule has 0 saturated carbocycles. The number of carbonyl (C=O) groups excluding carboxylic acids is 1. The van der Waals surface area contributed by atoms with E-state index >= 15 is 0 Å². The number of aromatic nitrogens is 4. The first-order valence-electron chi connectivity index (χ1n) is 9.04. The van der Waals surface area contributed by atoms with Crippen LogP contribution < -0.4 is 5.32 Å². The lowest BCUT2D eigenvalue weighted by atomic mass is 10.1. The van der Waals surface area contributed by atoms with E-state index in [4.69, 9.17) is 0 Å². The minimum Gasteiger partial charge on any atom is -0.352 e. The normalized spacial score (nSPS) is 11.2. The number of benzene rings is 1. The molecular weight excluding hydrogens is 338 g/mol. The van der Waals surface area contributed by atoms with Gasteiger partial charge in [0.05, 0.1) is 11.2 Å². The minimum atomic E-state index is -0.0589. The second-order valence-corrected chi connectivity index (χ2v) is 6.77. The molecule has 1 aromatic carbocycles. The lowest BCUT2D eigenvalue weighted by Crippen LogP contribution is -2.24. The zero-order chi connectivity index (χ0) is 18.8. The van der Waals surface area contributed by atoms with Crippen LogP contribution in [-0.2, 0) is 6.42 Å². The average Bonchev–Trinajstić information content (AvgIpc) is 3.04. The molecule has 0 aliphatic rings. The molecule has 6 nitrogen and oxygen atoms in total. The summed E-state index contributed by atoms with van der Waals surface area (Å²) in [4.78, 5) is 21.2. The van der Waals surface area contributed by atoms with Crippen LogP contribution in [0.5, 0.6) is 0 Å². The topological polar surface area (TPSA) is 72.2 Å². The van der Waals surface area contributed by atoms with Crippen molar-refractivity contribution in [3.8, 4) is 0 Å². The predicted molar refractivity (Wildman–Crippen MR) is 105 cm³/mol. The SMILES string of the molecule is Cc1cc2ncc(CCCNC(=O)c3ccc4nccc(C)c4c3)cn2n1. The Morgan fingerprint density at radius 1 is 1.15 bits per heavy atom. The highest BCUT2D eigenvalue weighted by Gasteiger charge is 2.08. The van der Waals surface area contributed by atoms with Crippen LogP contribution in [0.1, 0.15) is 33.6 Å². The smallest absolute Gasteiger partial charge is 0.251 e. The second-order valence-electron chi connectivity index (χ2n) is 6.77. The Bertz CT molecular complexity index is 1130. The zero-order valence-electron chi connectivity index (χ0n) is 15.4. The lowest BCUT2D eigenvalue weighted by molar-refractivity contribution is 0.0953. The van der Waals surface area contributed by atoms with Crippen molar-refractivity contribution in [2.24, 2.45) is 0 Å². The molecule has 0 saturated heterocycles. The summed E-state index contributed by atoms with van der Waals surface area (Å²) >= 11 is 0. The quantitative estimate of drug-likeness (QED) is 0.555. The third-order valence-electron chi connectivity index (χ3n) is 4.64. The van der Waals surface area contributed by atoms with Crippen LogP contribution >= 0.6 is 0 Å². The first-order chi connectivity index (χ1) is 13.1. The number of carbonyl (C=O) groups is 1. The van der Waals surface area contributed by atoms with Gasteiger partial charge in [0, 0.05) is 42.2 Å². The van der Waals surface area contributed by atoms with Gasteiger partial charge in [-0.3, -0.25) is 9.78 Å². The van der Waals surface area contributed by atoms with E-state index in [0.717, 1.165) is 46.2 Å². The summed E-state index contributed by atoms with van der Waals surface area (Å²) in [5.41, 5.74) is 5.59. The lowest BCUT2D eigenvalue weighted by Gasteiger charge is -2.07. The van der Waals surface area contributed by atoms with Gasteiger partial charge in [-0.1, -0.05) is 0 Å². The average molecular weight is 359 g/mol. The number of aryl methyl sites for hydroxylation is 3. The first-order valence-corrected chi connectivity index (χ1v) is 9.04. The van der Waals surface area contributed by atoms with Crippen LogP contribution in [0.15, 0.2) is 48.9 Å². The molecule has 27 heavy (non-hydrogen) atoms. The summed E-state index contributed by atoms with van der Waals surface area (Å²) in [6.45, 7) is 4.59. The molecule has 136 valence electrons. The highest BCUT2D eigenvalue weighted by atomic mass is 16.1. The van der Waals surface area contributed by atoms with Crippen molar-refractivity contribution in [2.75, 3.05) is 6.54 Å². The highest BCUT2D eigenvalue weighted by Crippen LogP contribution is 2.17. The number of hydrogen-bond acceptors (Lipinski definition) is 4. The van der Waals surface area contributed by atoms with Crippen molar-refractivity contribution in [1.82, 2.24) is 24.9 Å². The third-order valence-corrected chi connectivity index (χ3v) is 4.64. The molecular formula is C21H21N5O. The molecule has 1 N–H and O–H groups in total. The van der Waals surface area contributed by atoms with E-state index in [1.165, 1.54) is 0 Å². The van der Waals surface area contributed by atoms with E-state index < -0.39 is 0 Å². The van der Waals surface area contributed by atoms with E-state index in [-0.39, 0.29) is 5.91 Å². The molecule has 0 radical (unpaired) electrons. The maximum absolute atomic E-state index is 12.4. The monoisotopic (exact) mass is 359 g/mol. The van der Waals surface area contributed by atoms with Crippen molar-refractivity contribution < 1.29 is 4.79 Å². The number of rotatable bonds is 5. The van der Waals surface area contributed by atoms with E-state index in [1.807, 2.05) is 56.6 Å². The fourth-order valence-corrected chi connectivity index (χ4v) is 3.18. The largest absolute Gasteiger partial charge is 0.352 e. The molecule has 0 bridgehead atoms. The summed E-state index contributed by atoms with van der Waals surface area (Å²) in [5, 5.41) is 8.39. The van der Waals surface area contributed by atoms with Crippen molar-refractivity contribution in [1.29, 1.82) is 0 Å². The van der Waals surface area contributed by atoms with E-state index in [1.54, 1.807) is 10.7 Å². The Labute approximate surface area is 157 Å². The molecule has 1 amide bonds. The summed E-state index contributed by atoms with van der Waals surface area (Å²) in [6, 6.07) is 9.53. The maximum atomic E-state index is 12.4. The molecule has 0 fully saturated rings. The predicted octanol–water partition coefficient (Wildman–Crippen LogP) is 3.26. The van der Waals surface area contributed by atoms with Gasteiger partial charge >= 0.3 is 0 Å². The van der Waals surface area contributed by atoms with Crippen molar-refractivity contribution in [3.05, 3.63) is 71.3 Å². The van der Waals surface area contributed by atoms with Gasteiger partial charge in [-0.2, -0.15) is 5.10 Å². The standard InChI is InChI=1S/C21H21N5O/c1-14-7-9-22-19-6-5-17(11-18(14)19)21(27)23-8-3-4-16-12-24-20-10-15(2)25-26(20)13-16/h5-7,9-13H,3-4,8H2,1-2H3,(H,23,27). The van der Waals surface area contributed by atoms with Gasteiger partial charge in [-0.25, -0.2) is 9.50 Å². The molecule has 0 aliphatic heterocycles. The van der Waals surface area contributed by atoms with Gasteiger partial charge in [0.25, 0.3) is 5.91 Å². The summed E-state index contributed by atoms with van der Waals surface area (Å²) in [5.74, 6) is -0.0589. The second kappa shape index (κ2) is 7.15. The molecule has 0 aliphatic carbocycles. The number of nitrogens with one attached hydrogen (secondary N) is 1. The zero-order valence-corrected chi connectivity index (χ0v) is 15.4. The Balaban J connectivity index is 1.35. The van der Waals surface area contributed by atoms with Crippen LogP contribution in [0.25, 0.3) is 16.6 Å². The Morgan fingerprint density at radius 2 is 2.04 bits per heavy atom. The van der Waals surface area contributed by atoms with E-state index in [2.05, 4.69) is 20.4 Å². The van der Waals surface area contributed by atoms with Gasteiger partial charge in [-0.15, -0.1) is 0 Å². The summed E-state index contributed by atoms with van der Waals surface area (Å²) < 4.78 is 1.80. The van der Waals surface area contributed by atoms with Crippen LogP contribution in [0.2, 0.25) is 0 Å². The fourth-order valence-electron chi connectivity index (χ4n) is 3.18. The number of fused-ring (bicyclic) bond motifs is 2. The Kier molecular flexibility index (Phi) is 4.54. The number of hydrogen-bond donors (Lipinski definition) is 1. The number of amides is 1. The van der Waals surface area contributed by atoms with Crippen molar-refractivity contribution in [3.63, 3.8) is 0 Å². The van der Waals surface area contributed by atoms with Crippen LogP contribution in [0, 0.1) is 13.8 Å². The third kappa shape index (κ3) is 3.65. The van der Waals surface area contributed by atoms with Gasteiger partial charge < -0.3 is 5.32 Å². The molecule has 3 aromatic heterocycles. The molecule has 0 unspecified atom stereocenters. The fraction of sp³-hybridized carbons (Fsp3) is 0.238.